The maximum absolute atomic E-state index is 11.8. The number of pyridine rings is 1. The SMILES string of the molecule is CNC(=O)c1cncc2cc(/C=C3/SC(=S)NC3=O)oc12. The lowest BCUT2D eigenvalue weighted by Crippen LogP contribution is -2.18. The van der Waals surface area contributed by atoms with E-state index in [9.17, 15) is 9.59 Å². The van der Waals surface area contributed by atoms with Gasteiger partial charge in [0.2, 0.25) is 0 Å². The van der Waals surface area contributed by atoms with Crippen LogP contribution >= 0.6 is 24.0 Å². The molecule has 1 aliphatic rings. The van der Waals surface area contributed by atoms with E-state index in [-0.39, 0.29) is 11.8 Å². The van der Waals surface area contributed by atoms with E-state index in [0.29, 0.717) is 31.5 Å². The first kappa shape index (κ1) is 13.8. The zero-order valence-electron chi connectivity index (χ0n) is 10.8. The number of thiocarbonyl (C=S) groups is 1. The maximum atomic E-state index is 11.8. The maximum Gasteiger partial charge on any atom is 0.263 e. The molecule has 21 heavy (non-hydrogen) atoms. The molecule has 1 fully saturated rings. The topological polar surface area (TPSA) is 84.2 Å². The summed E-state index contributed by atoms with van der Waals surface area (Å²) >= 11 is 6.09. The number of aromatic nitrogens is 1. The normalized spacial score (nSPS) is 16.5. The first-order chi connectivity index (χ1) is 10.1. The number of hydrogen-bond donors (Lipinski definition) is 2. The molecule has 0 saturated carbocycles. The summed E-state index contributed by atoms with van der Waals surface area (Å²) in [5.74, 6) is -0.0728. The van der Waals surface area contributed by atoms with E-state index >= 15 is 0 Å². The quantitative estimate of drug-likeness (QED) is 0.647. The predicted molar refractivity (Wildman–Crippen MR) is 83.7 cm³/mol. The molecule has 6 nitrogen and oxygen atoms in total. The first-order valence-corrected chi connectivity index (χ1v) is 7.15. The van der Waals surface area contributed by atoms with E-state index in [1.165, 1.54) is 25.0 Å². The van der Waals surface area contributed by atoms with Crippen molar-refractivity contribution >= 4 is 57.2 Å². The van der Waals surface area contributed by atoms with E-state index in [1.54, 1.807) is 18.3 Å². The second-order valence-electron chi connectivity index (χ2n) is 4.19. The van der Waals surface area contributed by atoms with Crippen molar-refractivity contribution in [2.75, 3.05) is 7.05 Å². The molecule has 0 radical (unpaired) electrons. The van der Waals surface area contributed by atoms with Gasteiger partial charge in [0, 0.05) is 30.9 Å². The number of fused-ring (bicyclic) bond motifs is 1. The van der Waals surface area contributed by atoms with Gasteiger partial charge in [-0.2, -0.15) is 0 Å². The molecule has 8 heteroatoms. The van der Waals surface area contributed by atoms with Crippen LogP contribution in [0.25, 0.3) is 17.0 Å². The van der Waals surface area contributed by atoms with Gasteiger partial charge in [0.15, 0.2) is 5.58 Å². The number of thioether (sulfide) groups is 1. The number of nitrogens with zero attached hydrogens (tertiary/aromatic N) is 1. The number of carbonyl (C=O) groups excluding carboxylic acids is 2. The second kappa shape index (κ2) is 5.30. The lowest BCUT2D eigenvalue weighted by Gasteiger charge is -1.98. The first-order valence-electron chi connectivity index (χ1n) is 5.93. The second-order valence-corrected chi connectivity index (χ2v) is 5.90. The highest BCUT2D eigenvalue weighted by Gasteiger charge is 2.23. The fraction of sp³-hybridized carbons (Fsp3) is 0.0769. The molecule has 3 heterocycles. The zero-order valence-corrected chi connectivity index (χ0v) is 12.4. The Balaban J connectivity index is 2.06. The Hall–Kier alpha value is -2.19. The summed E-state index contributed by atoms with van der Waals surface area (Å²) in [5, 5.41) is 5.75. The summed E-state index contributed by atoms with van der Waals surface area (Å²) in [4.78, 5) is 27.8. The van der Waals surface area contributed by atoms with Crippen LogP contribution in [0.5, 0.6) is 0 Å². The van der Waals surface area contributed by atoms with E-state index < -0.39 is 0 Å². The molecule has 0 aromatic carbocycles. The number of carbonyl (C=O) groups is 2. The van der Waals surface area contributed by atoms with Crippen LogP contribution in [0.15, 0.2) is 27.8 Å². The van der Waals surface area contributed by atoms with Gasteiger partial charge >= 0.3 is 0 Å². The molecule has 106 valence electrons. The Morgan fingerprint density at radius 1 is 1.52 bits per heavy atom. The molecule has 3 rings (SSSR count). The minimum absolute atomic E-state index is 0.255. The van der Waals surface area contributed by atoms with Crippen LogP contribution in [0.2, 0.25) is 0 Å². The van der Waals surface area contributed by atoms with E-state index in [2.05, 4.69) is 15.6 Å². The summed E-state index contributed by atoms with van der Waals surface area (Å²) in [6.07, 6.45) is 4.63. The highest BCUT2D eigenvalue weighted by atomic mass is 32.2. The average Bonchev–Trinajstić information content (AvgIpc) is 3.00. The van der Waals surface area contributed by atoms with Crippen molar-refractivity contribution in [3.8, 4) is 0 Å². The molecule has 0 unspecified atom stereocenters. The van der Waals surface area contributed by atoms with Gasteiger partial charge in [0.05, 0.1) is 4.91 Å². The molecule has 2 amide bonds. The van der Waals surface area contributed by atoms with Gasteiger partial charge in [-0.1, -0.05) is 24.0 Å². The number of amides is 2. The summed E-state index contributed by atoms with van der Waals surface area (Å²) in [5.41, 5.74) is 0.779. The van der Waals surface area contributed by atoms with Crippen LogP contribution in [0.1, 0.15) is 16.1 Å². The van der Waals surface area contributed by atoms with Crippen LogP contribution in [0.4, 0.5) is 0 Å². The molecule has 2 aromatic rings. The van der Waals surface area contributed by atoms with Crippen LogP contribution in [-0.4, -0.2) is 28.2 Å². The van der Waals surface area contributed by atoms with E-state index in [4.69, 9.17) is 16.6 Å². The van der Waals surface area contributed by atoms with Gasteiger partial charge in [0.1, 0.15) is 15.6 Å². The minimum Gasteiger partial charge on any atom is -0.456 e. The molecule has 0 aliphatic carbocycles. The molecule has 2 N–H and O–H groups in total. The summed E-state index contributed by atoms with van der Waals surface area (Å²) in [6, 6.07) is 1.72. The van der Waals surface area contributed by atoms with Gasteiger partial charge in [-0.3, -0.25) is 14.6 Å². The van der Waals surface area contributed by atoms with Gasteiger partial charge < -0.3 is 15.1 Å². The predicted octanol–water partition coefficient (Wildman–Crippen LogP) is 1.68. The average molecular weight is 319 g/mol. The Bertz CT molecular complexity index is 810. The lowest BCUT2D eigenvalue weighted by atomic mass is 10.2. The minimum atomic E-state index is -0.282. The van der Waals surface area contributed by atoms with Gasteiger partial charge in [-0.05, 0) is 6.07 Å². The smallest absolute Gasteiger partial charge is 0.263 e. The fourth-order valence-electron chi connectivity index (χ4n) is 1.90. The van der Waals surface area contributed by atoms with Crippen molar-refractivity contribution in [3.05, 3.63) is 34.7 Å². The summed E-state index contributed by atoms with van der Waals surface area (Å²) < 4.78 is 6.07. The van der Waals surface area contributed by atoms with Crippen LogP contribution in [-0.2, 0) is 4.79 Å². The molecule has 2 aromatic heterocycles. The molecule has 0 bridgehead atoms. The molecule has 0 atom stereocenters. The van der Waals surface area contributed by atoms with Crippen molar-refractivity contribution in [2.45, 2.75) is 0 Å². The van der Waals surface area contributed by atoms with Crippen molar-refractivity contribution in [2.24, 2.45) is 0 Å². The molecular formula is C13H9N3O3S2. The summed E-state index contributed by atoms with van der Waals surface area (Å²) in [6.45, 7) is 0. The van der Waals surface area contributed by atoms with Gasteiger partial charge in [-0.15, -0.1) is 0 Å². The van der Waals surface area contributed by atoms with Gasteiger partial charge in [-0.25, -0.2) is 0 Å². The molecule has 1 aliphatic heterocycles. The third kappa shape index (κ3) is 2.55. The molecule has 0 spiro atoms. The molecule has 1 saturated heterocycles. The number of hydrogen-bond acceptors (Lipinski definition) is 6. The van der Waals surface area contributed by atoms with Crippen LogP contribution in [0.3, 0.4) is 0 Å². The number of furan rings is 1. The van der Waals surface area contributed by atoms with Crippen LogP contribution < -0.4 is 10.6 Å². The lowest BCUT2D eigenvalue weighted by molar-refractivity contribution is -0.115. The fourth-order valence-corrected chi connectivity index (χ4v) is 2.92. The third-order valence-corrected chi connectivity index (χ3v) is 3.99. The highest BCUT2D eigenvalue weighted by Crippen LogP contribution is 2.29. The third-order valence-electron chi connectivity index (χ3n) is 2.83. The van der Waals surface area contributed by atoms with Gasteiger partial charge in [0.25, 0.3) is 11.8 Å². The Labute approximate surface area is 129 Å². The van der Waals surface area contributed by atoms with Crippen molar-refractivity contribution in [1.82, 2.24) is 15.6 Å². The van der Waals surface area contributed by atoms with E-state index in [0.717, 1.165) is 0 Å². The highest BCUT2D eigenvalue weighted by molar-refractivity contribution is 8.26. The standard InChI is InChI=1S/C13H9N3O3S2/c1-14-11(17)8-5-15-4-6-2-7(19-10(6)8)3-9-12(18)16-13(20)21-9/h2-5H,1H3,(H,14,17)(H,16,18,20)/b9-3+. The van der Waals surface area contributed by atoms with Crippen molar-refractivity contribution < 1.29 is 14.0 Å². The Morgan fingerprint density at radius 3 is 3.00 bits per heavy atom. The molecular weight excluding hydrogens is 310 g/mol. The number of nitrogens with one attached hydrogen (secondary N) is 2. The van der Waals surface area contributed by atoms with Crippen molar-refractivity contribution in [3.63, 3.8) is 0 Å². The summed E-state index contributed by atoms with van der Waals surface area (Å²) in [7, 11) is 1.54. The Kier molecular flexibility index (Phi) is 3.48. The Morgan fingerprint density at radius 2 is 2.33 bits per heavy atom. The monoisotopic (exact) mass is 319 g/mol. The van der Waals surface area contributed by atoms with E-state index in [1.807, 2.05) is 0 Å². The zero-order chi connectivity index (χ0) is 15.0. The van der Waals surface area contributed by atoms with Crippen molar-refractivity contribution in [1.29, 1.82) is 0 Å². The largest absolute Gasteiger partial charge is 0.456 e. The van der Waals surface area contributed by atoms with Crippen LogP contribution in [0, 0.1) is 0 Å². The number of rotatable bonds is 2.